The smallest absolute Gasteiger partial charge is 0.223 e. The first-order valence-corrected chi connectivity index (χ1v) is 18.0. The van der Waals surface area contributed by atoms with Crippen LogP contribution in [-0.4, -0.2) is 161 Å². The summed E-state index contributed by atoms with van der Waals surface area (Å²) in [7, 11) is 0. The van der Waals surface area contributed by atoms with Crippen LogP contribution in [0.5, 0.6) is 0 Å². The number of likely N-dealkylation sites (tertiary alicyclic amines) is 2. The summed E-state index contributed by atoms with van der Waals surface area (Å²) in [5.41, 5.74) is 0.453. The first kappa shape index (κ1) is 37.5. The molecular formula is C32H56ClF2N5O7. The Bertz CT molecular complexity index is 977. The molecule has 5 fully saturated rings. The molecule has 1 amide bonds. The lowest BCUT2D eigenvalue weighted by Gasteiger charge is -2.41. The van der Waals surface area contributed by atoms with E-state index in [0.717, 1.165) is 39.0 Å². The number of amides is 1. The Morgan fingerprint density at radius 3 is 2.30 bits per heavy atom. The molecule has 3 heterocycles. The van der Waals surface area contributed by atoms with Gasteiger partial charge in [-0.1, -0.05) is 0 Å². The van der Waals surface area contributed by atoms with Gasteiger partial charge in [0.05, 0.1) is 24.2 Å². The van der Waals surface area contributed by atoms with Crippen molar-refractivity contribution in [1.29, 1.82) is 0 Å². The van der Waals surface area contributed by atoms with E-state index in [-0.39, 0.29) is 49.3 Å². The van der Waals surface area contributed by atoms with Gasteiger partial charge in [-0.15, -0.1) is 11.6 Å². The molecule has 0 aromatic heterocycles. The minimum absolute atomic E-state index is 0.0632. The van der Waals surface area contributed by atoms with Gasteiger partial charge >= 0.3 is 0 Å². The minimum Gasteiger partial charge on any atom is -0.394 e. The van der Waals surface area contributed by atoms with E-state index in [1.807, 2.05) is 0 Å². The van der Waals surface area contributed by atoms with Gasteiger partial charge in [0.2, 0.25) is 5.91 Å². The lowest BCUT2D eigenvalue weighted by Crippen LogP contribution is -2.63. The van der Waals surface area contributed by atoms with E-state index in [1.54, 1.807) is 4.90 Å². The highest BCUT2D eigenvalue weighted by atomic mass is 35.5. The number of aliphatic hydroxyl groups excluding tert-OH is 5. The zero-order valence-electron chi connectivity index (χ0n) is 27.2. The average Bonchev–Trinajstić information content (AvgIpc) is 3.72. The van der Waals surface area contributed by atoms with E-state index in [1.165, 1.54) is 19.3 Å². The molecular weight excluding hydrogens is 640 g/mol. The number of ether oxygens (including phenoxy) is 1. The quantitative estimate of drug-likeness (QED) is 0.0759. The lowest BCUT2D eigenvalue weighted by molar-refractivity contribution is -0.141. The second-order valence-electron chi connectivity index (χ2n) is 14.7. The highest BCUT2D eigenvalue weighted by molar-refractivity contribution is 6.21. The molecule has 0 aromatic carbocycles. The molecule has 0 aromatic rings. The van der Waals surface area contributed by atoms with Crippen LogP contribution in [0.25, 0.3) is 0 Å². The van der Waals surface area contributed by atoms with E-state index in [9.17, 15) is 25.2 Å². The molecule has 47 heavy (non-hydrogen) atoms. The SMILES string of the molecule is O=C(CC1C(F)CC(OCCCC2CC23CCN(C2NCC(Cl)CN2)CC3)CC1F)N1CC(CNC[C@H](O)[C@@H](O)[C@H](O)[C@H](O)CO)C1. The molecule has 3 aliphatic heterocycles. The van der Waals surface area contributed by atoms with Crippen molar-refractivity contribution in [2.45, 2.75) is 106 Å². The number of hydrogen-bond acceptors (Lipinski definition) is 11. The number of nitrogens with zero attached hydrogens (tertiary/aromatic N) is 2. The molecule has 3 saturated heterocycles. The van der Waals surface area contributed by atoms with Gasteiger partial charge in [0.25, 0.3) is 0 Å². The summed E-state index contributed by atoms with van der Waals surface area (Å²) in [6.07, 6.45) is -3.68. The molecule has 272 valence electrons. The predicted molar refractivity (Wildman–Crippen MR) is 171 cm³/mol. The average molecular weight is 696 g/mol. The van der Waals surface area contributed by atoms with Crippen molar-refractivity contribution in [2.75, 3.05) is 65.6 Å². The Labute approximate surface area is 281 Å². The summed E-state index contributed by atoms with van der Waals surface area (Å²) in [5, 5.41) is 57.9. The molecule has 0 bridgehead atoms. The zero-order valence-corrected chi connectivity index (χ0v) is 28.0. The summed E-state index contributed by atoms with van der Waals surface area (Å²) in [6.45, 7) is 4.77. The van der Waals surface area contributed by atoms with Gasteiger partial charge in [-0.25, -0.2) is 8.78 Å². The van der Waals surface area contributed by atoms with Crippen LogP contribution in [0.1, 0.15) is 51.4 Å². The third-order valence-corrected chi connectivity index (χ3v) is 11.7. The Kier molecular flexibility index (Phi) is 13.5. The Hall–Kier alpha value is -0.780. The topological polar surface area (TPSA) is 170 Å². The highest BCUT2D eigenvalue weighted by Crippen LogP contribution is 2.61. The molecule has 0 radical (unpaired) electrons. The second-order valence-corrected chi connectivity index (χ2v) is 15.4. The summed E-state index contributed by atoms with van der Waals surface area (Å²) in [6, 6.07) is 0. The van der Waals surface area contributed by atoms with Crippen LogP contribution in [0.3, 0.4) is 0 Å². The van der Waals surface area contributed by atoms with Crippen LogP contribution in [0.15, 0.2) is 0 Å². The molecule has 3 unspecified atom stereocenters. The molecule has 8 N–H and O–H groups in total. The van der Waals surface area contributed by atoms with Crippen LogP contribution in [0.4, 0.5) is 8.78 Å². The highest BCUT2D eigenvalue weighted by Gasteiger charge is 2.54. The first-order chi connectivity index (χ1) is 22.5. The Balaban J connectivity index is 0.906. The van der Waals surface area contributed by atoms with Gasteiger partial charge < -0.3 is 40.5 Å². The molecule has 5 rings (SSSR count). The molecule has 7 atom stereocenters. The third kappa shape index (κ3) is 9.72. The lowest BCUT2D eigenvalue weighted by atomic mass is 9.81. The first-order valence-electron chi connectivity index (χ1n) is 17.6. The molecule has 5 aliphatic rings. The van der Waals surface area contributed by atoms with Gasteiger partial charge in [-0.3, -0.25) is 20.3 Å². The van der Waals surface area contributed by atoms with Crippen molar-refractivity contribution in [3.05, 3.63) is 0 Å². The Morgan fingerprint density at radius 2 is 1.66 bits per heavy atom. The number of hydrogen-bond donors (Lipinski definition) is 8. The maximum Gasteiger partial charge on any atom is 0.223 e. The second kappa shape index (κ2) is 17.0. The number of aliphatic hydroxyl groups is 5. The van der Waals surface area contributed by atoms with Crippen LogP contribution in [-0.2, 0) is 9.53 Å². The van der Waals surface area contributed by atoms with Gasteiger partial charge in [-0.05, 0) is 43.4 Å². The summed E-state index contributed by atoms with van der Waals surface area (Å²) < 4.78 is 36.1. The molecule has 1 spiro atoms. The fraction of sp³-hybridized carbons (Fsp3) is 0.969. The number of alkyl halides is 3. The number of halogens is 3. The molecule has 12 nitrogen and oxygen atoms in total. The van der Waals surface area contributed by atoms with Crippen molar-refractivity contribution in [3.8, 4) is 0 Å². The Morgan fingerprint density at radius 1 is 1.02 bits per heavy atom. The van der Waals surface area contributed by atoms with Crippen LogP contribution < -0.4 is 16.0 Å². The van der Waals surface area contributed by atoms with Crippen LogP contribution >= 0.6 is 11.6 Å². The fourth-order valence-corrected chi connectivity index (χ4v) is 8.24. The van der Waals surface area contributed by atoms with E-state index in [0.29, 0.717) is 37.6 Å². The van der Waals surface area contributed by atoms with Gasteiger partial charge in [0.15, 0.2) is 0 Å². The summed E-state index contributed by atoms with van der Waals surface area (Å²) in [4.78, 5) is 16.8. The normalized spacial score (nSPS) is 35.7. The monoisotopic (exact) mass is 695 g/mol. The molecule has 15 heteroatoms. The maximum atomic E-state index is 15.1. The number of carbonyl (C=O) groups excluding carboxylic acids is 1. The van der Waals surface area contributed by atoms with Crippen molar-refractivity contribution in [3.63, 3.8) is 0 Å². The van der Waals surface area contributed by atoms with Gasteiger partial charge in [0.1, 0.15) is 36.9 Å². The van der Waals surface area contributed by atoms with Crippen molar-refractivity contribution in [1.82, 2.24) is 25.8 Å². The number of rotatable bonds is 16. The summed E-state index contributed by atoms with van der Waals surface area (Å²) >= 11 is 6.17. The van der Waals surface area contributed by atoms with Gasteiger partial charge in [-0.2, -0.15) is 0 Å². The van der Waals surface area contributed by atoms with Crippen LogP contribution in [0, 0.1) is 23.2 Å². The van der Waals surface area contributed by atoms with Gasteiger partial charge in [0, 0.05) is 90.1 Å². The van der Waals surface area contributed by atoms with E-state index in [4.69, 9.17) is 21.4 Å². The predicted octanol–water partition coefficient (Wildman–Crippen LogP) is -0.702. The molecule has 2 aliphatic carbocycles. The number of nitrogens with one attached hydrogen (secondary N) is 3. The standard InChI is InChI=1S/C32H56ClF2N5O7/c33-21-13-37-31(38-14-21)39-5-3-32(4-6-39)11-20(32)2-1-7-47-22-8-24(34)23(25(35)9-22)10-28(44)40-16-19(17-40)12-36-15-26(42)29(45)30(46)27(43)18-41/h19-27,29-31,36-38,41-43,45-46H,1-18H2/t20?,21?,22?,23?,24?,25?,26-,27+,29+,30+,31?/m0/s1. The van der Waals surface area contributed by atoms with Crippen molar-refractivity contribution >= 4 is 17.5 Å². The number of piperidine rings is 1. The fourth-order valence-electron chi connectivity index (χ4n) is 8.06. The maximum absolute atomic E-state index is 15.1. The largest absolute Gasteiger partial charge is 0.394 e. The van der Waals surface area contributed by atoms with E-state index < -0.39 is 55.4 Å². The van der Waals surface area contributed by atoms with Crippen molar-refractivity contribution in [2.24, 2.45) is 23.2 Å². The molecule has 2 saturated carbocycles. The van der Waals surface area contributed by atoms with Crippen molar-refractivity contribution < 1.29 is 43.8 Å². The van der Waals surface area contributed by atoms with E-state index in [2.05, 4.69) is 20.9 Å². The van der Waals surface area contributed by atoms with E-state index >= 15 is 8.78 Å². The summed E-state index contributed by atoms with van der Waals surface area (Å²) in [5.74, 6) is -0.451. The van der Waals surface area contributed by atoms with Crippen LogP contribution in [0.2, 0.25) is 0 Å². The minimum atomic E-state index is -1.69. The number of carbonyl (C=O) groups is 1. The zero-order chi connectivity index (χ0) is 33.7. The third-order valence-electron chi connectivity index (χ3n) is 11.4.